The Kier molecular flexibility index (Phi) is 2.59. The van der Waals surface area contributed by atoms with E-state index in [0.29, 0.717) is 0 Å². The highest BCUT2D eigenvalue weighted by Crippen LogP contribution is 2.11. The molecule has 0 aliphatic carbocycles. The van der Waals surface area contributed by atoms with Crippen LogP contribution in [0, 0.1) is 11.3 Å². The van der Waals surface area contributed by atoms with E-state index in [1.54, 1.807) is 24.5 Å². The van der Waals surface area contributed by atoms with Crippen molar-refractivity contribution in [1.82, 2.24) is 4.98 Å². The lowest BCUT2D eigenvalue weighted by Crippen LogP contribution is -2.00. The molecule has 0 fully saturated rings. The molecule has 56 valence electrons. The van der Waals surface area contributed by atoms with Crippen LogP contribution in [0.2, 0.25) is 0 Å². The summed E-state index contributed by atoms with van der Waals surface area (Å²) in [6, 6.07) is 5.50. The van der Waals surface area contributed by atoms with Crippen molar-refractivity contribution in [3.05, 3.63) is 30.1 Å². The van der Waals surface area contributed by atoms with Gasteiger partial charge in [-0.25, -0.2) is 0 Å². The maximum absolute atomic E-state index is 8.73. The molecule has 3 nitrogen and oxygen atoms in total. The second kappa shape index (κ2) is 3.69. The Morgan fingerprint density at radius 3 is 3.00 bits per heavy atom. The molecule has 1 heterocycles. The molecule has 0 aliphatic heterocycles. The predicted molar refractivity (Wildman–Crippen MR) is 39.7 cm³/mol. The third-order valence-corrected chi connectivity index (χ3v) is 1.43. The van der Waals surface area contributed by atoms with Crippen molar-refractivity contribution >= 4 is 0 Å². The van der Waals surface area contributed by atoms with Gasteiger partial charge in [0.15, 0.2) is 0 Å². The van der Waals surface area contributed by atoms with Crippen molar-refractivity contribution in [1.29, 1.82) is 5.26 Å². The zero-order valence-corrected chi connectivity index (χ0v) is 5.94. The summed E-state index contributed by atoms with van der Waals surface area (Å²) in [4.78, 5) is 3.84. The molecular weight excluding hydrogens is 140 g/mol. The monoisotopic (exact) mass is 148 g/mol. The molecule has 1 N–H and O–H groups in total. The van der Waals surface area contributed by atoms with Gasteiger partial charge in [-0.15, -0.1) is 0 Å². The third kappa shape index (κ3) is 1.76. The van der Waals surface area contributed by atoms with E-state index in [4.69, 9.17) is 10.4 Å². The lowest BCUT2D eigenvalue weighted by atomic mass is 10.0. The van der Waals surface area contributed by atoms with E-state index in [1.165, 1.54) is 0 Å². The molecule has 0 spiro atoms. The van der Waals surface area contributed by atoms with Gasteiger partial charge in [0.1, 0.15) is 0 Å². The van der Waals surface area contributed by atoms with Crippen LogP contribution in [0.5, 0.6) is 0 Å². The Balaban J connectivity index is 2.85. The van der Waals surface area contributed by atoms with Gasteiger partial charge < -0.3 is 5.11 Å². The standard InChI is InChI=1S/C8H8N2O/c9-4-8(6-11)7-2-1-3-10-5-7/h1-3,5,8,11H,6H2. The van der Waals surface area contributed by atoms with Gasteiger partial charge >= 0.3 is 0 Å². The molecular formula is C8H8N2O. The summed E-state index contributed by atoms with van der Waals surface area (Å²) < 4.78 is 0. The summed E-state index contributed by atoms with van der Waals surface area (Å²) in [6.45, 7) is -0.151. The number of nitrogens with zero attached hydrogens (tertiary/aromatic N) is 2. The molecule has 0 saturated carbocycles. The summed E-state index contributed by atoms with van der Waals surface area (Å²) in [5, 5.41) is 17.3. The van der Waals surface area contributed by atoms with Crippen LogP contribution < -0.4 is 0 Å². The van der Waals surface area contributed by atoms with E-state index in [0.717, 1.165) is 5.56 Å². The van der Waals surface area contributed by atoms with Gasteiger partial charge in [-0.2, -0.15) is 5.26 Å². The molecule has 0 bridgehead atoms. The molecule has 1 rings (SSSR count). The Bertz CT molecular complexity index is 253. The van der Waals surface area contributed by atoms with Gasteiger partial charge in [0.05, 0.1) is 18.6 Å². The lowest BCUT2D eigenvalue weighted by molar-refractivity contribution is 0.285. The Morgan fingerprint density at radius 2 is 2.55 bits per heavy atom. The minimum absolute atomic E-state index is 0.151. The van der Waals surface area contributed by atoms with Gasteiger partial charge in [-0.05, 0) is 11.6 Å². The molecule has 0 amide bonds. The number of nitriles is 1. The first-order valence-electron chi connectivity index (χ1n) is 3.29. The molecule has 0 saturated heterocycles. The molecule has 0 radical (unpaired) electrons. The number of rotatable bonds is 2. The topological polar surface area (TPSA) is 56.9 Å². The predicted octanol–water partition coefficient (Wildman–Crippen LogP) is 0.681. The maximum Gasteiger partial charge on any atom is 0.0958 e. The molecule has 1 atom stereocenters. The Labute approximate surface area is 64.9 Å². The Morgan fingerprint density at radius 1 is 1.73 bits per heavy atom. The number of hydrogen-bond acceptors (Lipinski definition) is 3. The van der Waals surface area contributed by atoms with Crippen LogP contribution in [-0.2, 0) is 0 Å². The normalized spacial score (nSPS) is 12.0. The summed E-state index contributed by atoms with van der Waals surface area (Å²) in [7, 11) is 0. The van der Waals surface area contributed by atoms with Crippen molar-refractivity contribution in [3.63, 3.8) is 0 Å². The fourth-order valence-electron chi connectivity index (χ4n) is 0.803. The number of pyridine rings is 1. The highest BCUT2D eigenvalue weighted by Gasteiger charge is 2.07. The molecule has 11 heavy (non-hydrogen) atoms. The lowest BCUT2D eigenvalue weighted by Gasteiger charge is -2.02. The highest BCUT2D eigenvalue weighted by molar-refractivity contribution is 5.20. The van der Waals surface area contributed by atoms with Crippen molar-refractivity contribution in [3.8, 4) is 6.07 Å². The van der Waals surface area contributed by atoms with Crippen LogP contribution in [0.3, 0.4) is 0 Å². The van der Waals surface area contributed by atoms with Crippen LogP contribution in [0.15, 0.2) is 24.5 Å². The minimum atomic E-state index is -0.441. The first-order valence-corrected chi connectivity index (χ1v) is 3.29. The van der Waals surface area contributed by atoms with E-state index >= 15 is 0 Å². The second-order valence-electron chi connectivity index (χ2n) is 2.15. The van der Waals surface area contributed by atoms with E-state index in [1.807, 2.05) is 6.07 Å². The first kappa shape index (κ1) is 7.70. The minimum Gasteiger partial charge on any atom is -0.395 e. The van der Waals surface area contributed by atoms with E-state index in [9.17, 15) is 0 Å². The molecule has 3 heteroatoms. The SMILES string of the molecule is N#CC(CO)c1cccnc1. The molecule has 0 aliphatic rings. The zero-order valence-electron chi connectivity index (χ0n) is 5.94. The fraction of sp³-hybridized carbons (Fsp3) is 0.250. The average Bonchev–Trinajstić information content (AvgIpc) is 2.09. The van der Waals surface area contributed by atoms with Gasteiger partial charge in [-0.3, -0.25) is 4.98 Å². The van der Waals surface area contributed by atoms with Crippen LogP contribution in [0.25, 0.3) is 0 Å². The summed E-state index contributed by atoms with van der Waals surface area (Å²) in [5.74, 6) is -0.441. The zero-order chi connectivity index (χ0) is 8.10. The van der Waals surface area contributed by atoms with Crippen molar-refractivity contribution in [2.45, 2.75) is 5.92 Å². The quantitative estimate of drug-likeness (QED) is 0.671. The number of aliphatic hydroxyl groups is 1. The molecule has 1 unspecified atom stereocenters. The smallest absolute Gasteiger partial charge is 0.0958 e. The molecule has 0 aromatic carbocycles. The Hall–Kier alpha value is -1.40. The molecule has 1 aromatic rings. The largest absolute Gasteiger partial charge is 0.395 e. The van der Waals surface area contributed by atoms with Crippen molar-refractivity contribution < 1.29 is 5.11 Å². The van der Waals surface area contributed by atoms with Crippen molar-refractivity contribution in [2.24, 2.45) is 0 Å². The van der Waals surface area contributed by atoms with Crippen molar-refractivity contribution in [2.75, 3.05) is 6.61 Å². The summed E-state index contributed by atoms with van der Waals surface area (Å²) in [6.07, 6.45) is 3.22. The maximum atomic E-state index is 8.73. The fourth-order valence-corrected chi connectivity index (χ4v) is 0.803. The number of aromatic nitrogens is 1. The van der Waals surface area contributed by atoms with Gasteiger partial charge in [0.25, 0.3) is 0 Å². The van der Waals surface area contributed by atoms with Crippen LogP contribution in [-0.4, -0.2) is 16.7 Å². The van der Waals surface area contributed by atoms with Crippen LogP contribution >= 0.6 is 0 Å². The van der Waals surface area contributed by atoms with Gasteiger partial charge in [0.2, 0.25) is 0 Å². The van der Waals surface area contributed by atoms with Gasteiger partial charge in [-0.1, -0.05) is 6.07 Å². The average molecular weight is 148 g/mol. The second-order valence-corrected chi connectivity index (χ2v) is 2.15. The van der Waals surface area contributed by atoms with Gasteiger partial charge in [0, 0.05) is 12.4 Å². The van der Waals surface area contributed by atoms with Crippen LogP contribution in [0.1, 0.15) is 11.5 Å². The van der Waals surface area contributed by atoms with E-state index in [2.05, 4.69) is 4.98 Å². The van der Waals surface area contributed by atoms with Crippen LogP contribution in [0.4, 0.5) is 0 Å². The van der Waals surface area contributed by atoms with E-state index < -0.39 is 5.92 Å². The number of hydrogen-bond donors (Lipinski definition) is 1. The third-order valence-electron chi connectivity index (χ3n) is 1.43. The van der Waals surface area contributed by atoms with E-state index in [-0.39, 0.29) is 6.61 Å². The first-order chi connectivity index (χ1) is 5.38. The summed E-state index contributed by atoms with van der Waals surface area (Å²) >= 11 is 0. The highest BCUT2D eigenvalue weighted by atomic mass is 16.3. The number of aliphatic hydroxyl groups excluding tert-OH is 1. The molecule has 1 aromatic heterocycles. The summed E-state index contributed by atoms with van der Waals surface area (Å²) in [5.41, 5.74) is 0.762.